The van der Waals surface area contributed by atoms with E-state index < -0.39 is 28.3 Å². The monoisotopic (exact) mass is 529 g/mol. The Morgan fingerprint density at radius 2 is 1.14 bits per heavy atom. The average molecular weight is 530 g/mol. The molecule has 0 aromatic rings. The van der Waals surface area contributed by atoms with E-state index >= 15 is 0 Å². The molecule has 0 aromatic heterocycles. The number of nitrogens with one attached hydrogen (secondary N) is 1. The van der Waals surface area contributed by atoms with Gasteiger partial charge in [0.2, 0.25) is 8.32 Å². The van der Waals surface area contributed by atoms with E-state index in [4.69, 9.17) is 13.6 Å². The van der Waals surface area contributed by atoms with E-state index in [2.05, 4.69) is 95.0 Å². The molecule has 0 unspecified atom stereocenters. The molecule has 0 aliphatic carbocycles. The molecule has 5 nitrogen and oxygen atoms in total. The van der Waals surface area contributed by atoms with Crippen molar-refractivity contribution in [2.24, 2.45) is 0 Å². The maximum Gasteiger partial charge on any atom is 0.408 e. The Morgan fingerprint density at radius 1 is 0.771 bits per heavy atom. The first kappa shape index (κ1) is 34.4. The molecule has 0 aliphatic heterocycles. The van der Waals surface area contributed by atoms with Crippen molar-refractivity contribution in [3.8, 4) is 0 Å². The Hall–Kier alpha value is -0.636. The summed E-state index contributed by atoms with van der Waals surface area (Å²) in [6, 6.07) is -0.381. The van der Waals surface area contributed by atoms with Crippen molar-refractivity contribution in [1.29, 1.82) is 0 Å². The van der Waals surface area contributed by atoms with Crippen molar-refractivity contribution >= 4 is 22.7 Å². The van der Waals surface area contributed by atoms with E-state index in [0.29, 0.717) is 39.9 Å². The van der Waals surface area contributed by atoms with Gasteiger partial charge in [-0.3, -0.25) is 0 Å². The first-order valence-corrected chi connectivity index (χ1v) is 18.0. The fourth-order valence-electron chi connectivity index (χ4n) is 6.35. The number of rotatable bonds is 14. The topological polar surface area (TPSA) is 56.8 Å². The molecule has 0 saturated carbocycles. The van der Waals surface area contributed by atoms with Crippen molar-refractivity contribution in [3.05, 3.63) is 12.7 Å². The Kier molecular flexibility index (Phi) is 13.5. The van der Waals surface area contributed by atoms with Gasteiger partial charge in [-0.15, -0.1) is 6.58 Å². The molecule has 1 N–H and O–H groups in total. The molecular formula is C28H59NO4Si2. The van der Waals surface area contributed by atoms with Crippen LogP contribution in [-0.2, 0) is 13.6 Å². The summed E-state index contributed by atoms with van der Waals surface area (Å²) in [6.07, 6.45) is 1.04. The van der Waals surface area contributed by atoms with E-state index in [9.17, 15) is 4.79 Å². The van der Waals surface area contributed by atoms with Crippen molar-refractivity contribution < 1.29 is 18.4 Å². The van der Waals surface area contributed by atoms with Crippen LogP contribution in [0.4, 0.5) is 4.79 Å². The van der Waals surface area contributed by atoms with Gasteiger partial charge in [-0.2, -0.15) is 0 Å². The SMILES string of the molecule is C=C[C@@H](O[Si](C(C)C)(C(C)C)C(C)C)[C@H](CO[Si](C(C)C)(C(C)C)C(C)C)NC(=O)OC(C)(C)C. The second kappa shape index (κ2) is 13.8. The molecule has 0 fully saturated rings. The predicted molar refractivity (Wildman–Crippen MR) is 156 cm³/mol. The Balaban J connectivity index is 6.37. The van der Waals surface area contributed by atoms with E-state index in [1.807, 2.05) is 26.8 Å². The van der Waals surface area contributed by atoms with Crippen LogP contribution in [-0.4, -0.2) is 47.1 Å². The second-order valence-corrected chi connectivity index (χ2v) is 23.9. The first-order chi connectivity index (χ1) is 15.8. The normalized spacial score (nSPS) is 15.5. The predicted octanol–water partition coefficient (Wildman–Crippen LogP) is 8.82. The van der Waals surface area contributed by atoms with E-state index in [1.165, 1.54) is 0 Å². The van der Waals surface area contributed by atoms with Crippen molar-refractivity contribution in [1.82, 2.24) is 5.32 Å². The minimum atomic E-state index is -2.22. The van der Waals surface area contributed by atoms with Gasteiger partial charge in [-0.05, 0) is 54.0 Å². The highest BCUT2D eigenvalue weighted by atomic mass is 28.4. The summed E-state index contributed by atoms with van der Waals surface area (Å²) in [7, 11) is -4.36. The van der Waals surface area contributed by atoms with E-state index in [1.54, 1.807) is 0 Å². The lowest BCUT2D eigenvalue weighted by atomic mass is 10.2. The number of hydrogen-bond acceptors (Lipinski definition) is 4. The van der Waals surface area contributed by atoms with Crippen LogP contribution < -0.4 is 5.32 Å². The van der Waals surface area contributed by atoms with Crippen LogP contribution in [0.2, 0.25) is 33.2 Å². The molecule has 0 bridgehead atoms. The summed E-state index contributed by atoms with van der Waals surface area (Å²) in [5.74, 6) is 0. The van der Waals surface area contributed by atoms with Gasteiger partial charge in [0.15, 0.2) is 8.32 Å². The quantitative estimate of drug-likeness (QED) is 0.180. The van der Waals surface area contributed by atoms with Crippen molar-refractivity contribution in [3.63, 3.8) is 0 Å². The molecule has 0 saturated heterocycles. The van der Waals surface area contributed by atoms with Gasteiger partial charge in [0, 0.05) is 0 Å². The zero-order chi connectivity index (χ0) is 27.9. The van der Waals surface area contributed by atoms with Crippen LogP contribution in [0.3, 0.4) is 0 Å². The number of ether oxygens (including phenoxy) is 1. The fraction of sp³-hybridized carbons (Fsp3) is 0.893. The van der Waals surface area contributed by atoms with Crippen molar-refractivity contribution in [2.75, 3.05) is 6.61 Å². The summed E-state index contributed by atoms with van der Waals surface area (Å²) in [4.78, 5) is 12.9. The largest absolute Gasteiger partial charge is 0.444 e. The van der Waals surface area contributed by atoms with Crippen LogP contribution in [0.25, 0.3) is 0 Å². The van der Waals surface area contributed by atoms with Gasteiger partial charge < -0.3 is 18.9 Å². The lowest BCUT2D eigenvalue weighted by molar-refractivity contribution is 0.0416. The lowest BCUT2D eigenvalue weighted by Crippen LogP contribution is -2.58. The highest BCUT2D eigenvalue weighted by molar-refractivity contribution is 6.78. The zero-order valence-corrected chi connectivity index (χ0v) is 27.7. The number of hydrogen-bond donors (Lipinski definition) is 1. The third-order valence-electron chi connectivity index (χ3n) is 7.60. The molecule has 1 amide bonds. The average Bonchev–Trinajstić information content (AvgIpc) is 2.65. The molecular weight excluding hydrogens is 470 g/mol. The summed E-state index contributed by atoms with van der Waals surface area (Å²) in [5.41, 5.74) is 2.02. The Labute approximate surface area is 220 Å². The fourth-order valence-corrected chi connectivity index (χ4v) is 17.4. The Morgan fingerprint density at radius 3 is 1.43 bits per heavy atom. The van der Waals surface area contributed by atoms with Crippen LogP contribution in [0, 0.1) is 0 Å². The molecule has 35 heavy (non-hydrogen) atoms. The summed E-state index contributed by atoms with van der Waals surface area (Å²) in [6.45, 7) is 37.4. The number of amides is 1. The van der Waals surface area contributed by atoms with Crippen LogP contribution in [0.1, 0.15) is 104 Å². The molecule has 2 atom stereocenters. The molecule has 208 valence electrons. The zero-order valence-electron chi connectivity index (χ0n) is 25.7. The maximum atomic E-state index is 12.9. The molecule has 0 aromatic carbocycles. The first-order valence-electron chi connectivity index (χ1n) is 13.7. The van der Waals surface area contributed by atoms with Gasteiger partial charge >= 0.3 is 6.09 Å². The molecule has 0 aliphatic rings. The van der Waals surface area contributed by atoms with Gasteiger partial charge in [-0.25, -0.2) is 4.79 Å². The third-order valence-corrected chi connectivity index (χ3v) is 19.8. The number of carbonyl (C=O) groups excluding carboxylic acids is 1. The van der Waals surface area contributed by atoms with Crippen LogP contribution in [0.15, 0.2) is 12.7 Å². The summed E-state index contributed by atoms with van der Waals surface area (Å²) in [5, 5.41) is 3.12. The smallest absolute Gasteiger partial charge is 0.408 e. The highest BCUT2D eigenvalue weighted by Crippen LogP contribution is 2.44. The van der Waals surface area contributed by atoms with Gasteiger partial charge in [-0.1, -0.05) is 89.2 Å². The summed E-state index contributed by atoms with van der Waals surface area (Å²) >= 11 is 0. The molecule has 0 rings (SSSR count). The minimum absolute atomic E-state index is 0.362. The van der Waals surface area contributed by atoms with Gasteiger partial charge in [0.05, 0.1) is 18.8 Å². The molecule has 0 heterocycles. The highest BCUT2D eigenvalue weighted by Gasteiger charge is 2.49. The second-order valence-electron chi connectivity index (χ2n) is 13.0. The number of carbonyl (C=O) groups is 1. The summed E-state index contributed by atoms with van der Waals surface area (Å²) < 4.78 is 19.7. The van der Waals surface area contributed by atoms with E-state index in [0.717, 1.165) is 0 Å². The van der Waals surface area contributed by atoms with Crippen molar-refractivity contribution in [2.45, 2.75) is 155 Å². The molecule has 7 heteroatoms. The van der Waals surface area contributed by atoms with Crippen LogP contribution in [0.5, 0.6) is 0 Å². The molecule has 0 radical (unpaired) electrons. The number of alkyl carbamates (subject to hydrolysis) is 1. The van der Waals surface area contributed by atoms with Crippen LogP contribution >= 0.6 is 0 Å². The molecule has 0 spiro atoms. The lowest BCUT2D eigenvalue weighted by Gasteiger charge is -2.47. The van der Waals surface area contributed by atoms with Gasteiger partial charge in [0.1, 0.15) is 5.60 Å². The van der Waals surface area contributed by atoms with Gasteiger partial charge in [0.25, 0.3) is 0 Å². The Bertz CT molecular complexity index is 610. The standard InChI is InChI=1S/C28H59NO4Si2/c1-17-26(33-35(22(8)9,23(10)11)24(12)13)25(29-27(30)32-28(14,15)16)18-31-34(19(2)3,20(4)5)21(6)7/h17,19-26H,1,18H2,2-16H3,(H,29,30)/t25-,26+/m0/s1. The third kappa shape index (κ3) is 8.72. The maximum absolute atomic E-state index is 12.9. The van der Waals surface area contributed by atoms with E-state index in [-0.39, 0.29) is 12.1 Å². The minimum Gasteiger partial charge on any atom is -0.444 e.